The molecule has 0 spiro atoms. The molecule has 1 aromatic heterocycles. The van der Waals surface area contributed by atoms with Crippen molar-refractivity contribution < 1.29 is 14.6 Å². The summed E-state index contributed by atoms with van der Waals surface area (Å²) in [6, 6.07) is 9.80. The molecule has 0 amide bonds. The largest absolute Gasteiger partial charge is 0.496 e. The number of nitrogens with one attached hydrogen (secondary N) is 1. The Morgan fingerprint density at radius 2 is 2.00 bits per heavy atom. The van der Waals surface area contributed by atoms with Gasteiger partial charge in [-0.3, -0.25) is 4.90 Å². The molecule has 3 aromatic rings. The SMILES string of the molecule is COc1cc(C)c2[nH]cnc2c1CN1CC[C@H](C2CC2)C[C@H]1c1ccc(C(=O)O)cc1. The van der Waals surface area contributed by atoms with Crippen molar-refractivity contribution in [2.75, 3.05) is 13.7 Å². The summed E-state index contributed by atoms with van der Waals surface area (Å²) in [5.41, 5.74) is 5.80. The zero-order valence-electron chi connectivity index (χ0n) is 18.1. The third-order valence-electron chi connectivity index (χ3n) is 7.13. The molecule has 6 nitrogen and oxygen atoms in total. The molecule has 5 rings (SSSR count). The molecule has 2 aromatic carbocycles. The Bertz CT molecular complexity index is 1100. The number of aromatic carboxylic acids is 1. The number of fused-ring (bicyclic) bond motifs is 1. The molecule has 2 aliphatic rings. The summed E-state index contributed by atoms with van der Waals surface area (Å²) in [5, 5.41) is 9.28. The number of piperidine rings is 1. The van der Waals surface area contributed by atoms with E-state index >= 15 is 0 Å². The second-order valence-corrected chi connectivity index (χ2v) is 9.04. The van der Waals surface area contributed by atoms with Crippen LogP contribution in [0.3, 0.4) is 0 Å². The van der Waals surface area contributed by atoms with Crippen LogP contribution in [0.4, 0.5) is 0 Å². The van der Waals surface area contributed by atoms with E-state index in [1.807, 2.05) is 12.1 Å². The summed E-state index contributed by atoms with van der Waals surface area (Å²) in [5.74, 6) is 1.62. The van der Waals surface area contributed by atoms with E-state index in [1.165, 1.54) is 24.8 Å². The predicted octanol–water partition coefficient (Wildman–Crippen LogP) is 4.94. The number of H-pyrrole nitrogens is 1. The quantitative estimate of drug-likeness (QED) is 0.592. The first kappa shape index (κ1) is 20.1. The van der Waals surface area contributed by atoms with Crippen molar-refractivity contribution in [2.45, 2.75) is 45.2 Å². The third kappa shape index (κ3) is 3.81. The lowest BCUT2D eigenvalue weighted by molar-refractivity contribution is 0.0696. The summed E-state index contributed by atoms with van der Waals surface area (Å²) in [4.78, 5) is 21.7. The van der Waals surface area contributed by atoms with Crippen LogP contribution < -0.4 is 4.74 Å². The molecule has 1 aliphatic carbocycles. The van der Waals surface area contributed by atoms with Gasteiger partial charge in [-0.1, -0.05) is 12.1 Å². The lowest BCUT2D eigenvalue weighted by atomic mass is 9.83. The number of carboxylic acids is 1. The Labute approximate surface area is 182 Å². The summed E-state index contributed by atoms with van der Waals surface area (Å²) < 4.78 is 5.75. The van der Waals surface area contributed by atoms with E-state index < -0.39 is 5.97 Å². The molecule has 2 fully saturated rings. The molecule has 2 N–H and O–H groups in total. The maximum absolute atomic E-state index is 11.3. The number of nitrogens with zero attached hydrogens (tertiary/aromatic N) is 2. The van der Waals surface area contributed by atoms with Gasteiger partial charge in [-0.2, -0.15) is 0 Å². The molecule has 1 saturated heterocycles. The van der Waals surface area contributed by atoms with E-state index in [4.69, 9.17) is 4.74 Å². The van der Waals surface area contributed by atoms with Crippen molar-refractivity contribution in [2.24, 2.45) is 11.8 Å². The van der Waals surface area contributed by atoms with Gasteiger partial charge in [0, 0.05) is 18.2 Å². The maximum Gasteiger partial charge on any atom is 0.335 e. The number of carboxylic acid groups (broad SMARTS) is 1. The zero-order chi connectivity index (χ0) is 21.5. The van der Waals surface area contributed by atoms with Crippen LogP contribution >= 0.6 is 0 Å². The van der Waals surface area contributed by atoms with Gasteiger partial charge in [-0.25, -0.2) is 9.78 Å². The molecular weight excluding hydrogens is 390 g/mol. The Hall–Kier alpha value is -2.86. The number of rotatable bonds is 6. The highest BCUT2D eigenvalue weighted by atomic mass is 16.5. The highest BCUT2D eigenvalue weighted by molar-refractivity contribution is 5.87. The number of aromatic nitrogens is 2. The monoisotopic (exact) mass is 419 g/mol. The highest BCUT2D eigenvalue weighted by Gasteiger charge is 2.38. The molecule has 31 heavy (non-hydrogen) atoms. The van der Waals surface area contributed by atoms with Crippen LogP contribution in [0.25, 0.3) is 11.0 Å². The van der Waals surface area contributed by atoms with Gasteiger partial charge in [0.2, 0.25) is 0 Å². The van der Waals surface area contributed by atoms with Crippen molar-refractivity contribution >= 4 is 17.0 Å². The van der Waals surface area contributed by atoms with E-state index in [-0.39, 0.29) is 6.04 Å². The minimum absolute atomic E-state index is 0.266. The molecule has 0 radical (unpaired) electrons. The minimum atomic E-state index is -0.881. The van der Waals surface area contributed by atoms with Crippen LogP contribution in [0, 0.1) is 18.8 Å². The summed E-state index contributed by atoms with van der Waals surface area (Å²) >= 11 is 0. The van der Waals surface area contributed by atoms with E-state index in [1.54, 1.807) is 25.6 Å². The number of hydrogen-bond donors (Lipinski definition) is 2. The van der Waals surface area contributed by atoms with E-state index in [9.17, 15) is 9.90 Å². The van der Waals surface area contributed by atoms with Crippen LogP contribution in [-0.4, -0.2) is 39.6 Å². The van der Waals surface area contributed by atoms with Crippen molar-refractivity contribution in [1.29, 1.82) is 0 Å². The van der Waals surface area contributed by atoms with Crippen molar-refractivity contribution in [1.82, 2.24) is 14.9 Å². The van der Waals surface area contributed by atoms with Gasteiger partial charge in [0.05, 0.1) is 30.0 Å². The Balaban J connectivity index is 1.49. The van der Waals surface area contributed by atoms with Gasteiger partial charge in [-0.05, 0) is 80.3 Å². The smallest absolute Gasteiger partial charge is 0.335 e. The van der Waals surface area contributed by atoms with Crippen LogP contribution in [0.15, 0.2) is 36.7 Å². The number of methoxy groups -OCH3 is 1. The van der Waals surface area contributed by atoms with Gasteiger partial charge in [0.15, 0.2) is 0 Å². The average molecular weight is 420 g/mol. The minimum Gasteiger partial charge on any atom is -0.496 e. The fourth-order valence-corrected chi connectivity index (χ4v) is 5.26. The number of aryl methyl sites for hydroxylation is 1. The van der Waals surface area contributed by atoms with Crippen LogP contribution in [-0.2, 0) is 6.54 Å². The Kier molecular flexibility index (Phi) is 5.18. The van der Waals surface area contributed by atoms with E-state index in [0.717, 1.165) is 59.3 Å². The number of likely N-dealkylation sites (tertiary alicyclic amines) is 1. The van der Waals surface area contributed by atoms with Gasteiger partial charge in [-0.15, -0.1) is 0 Å². The van der Waals surface area contributed by atoms with Crippen molar-refractivity contribution in [3.05, 3.63) is 58.9 Å². The summed E-state index contributed by atoms with van der Waals surface area (Å²) in [6.45, 7) is 3.85. The first-order chi connectivity index (χ1) is 15.0. The van der Waals surface area contributed by atoms with Crippen LogP contribution in [0.5, 0.6) is 5.75 Å². The molecule has 2 atom stereocenters. The van der Waals surface area contributed by atoms with Gasteiger partial charge < -0.3 is 14.8 Å². The molecular formula is C25H29N3O3. The first-order valence-corrected chi connectivity index (χ1v) is 11.1. The van der Waals surface area contributed by atoms with Crippen molar-refractivity contribution in [3.8, 4) is 5.75 Å². The number of benzene rings is 2. The first-order valence-electron chi connectivity index (χ1n) is 11.1. The summed E-state index contributed by atoms with van der Waals surface area (Å²) in [6.07, 6.45) is 6.80. The Morgan fingerprint density at radius 1 is 1.23 bits per heavy atom. The number of hydrogen-bond acceptors (Lipinski definition) is 4. The summed E-state index contributed by atoms with van der Waals surface area (Å²) in [7, 11) is 1.72. The second-order valence-electron chi connectivity index (χ2n) is 9.04. The van der Waals surface area contributed by atoms with Gasteiger partial charge in [0.25, 0.3) is 0 Å². The topological polar surface area (TPSA) is 78.5 Å². The fourth-order valence-electron chi connectivity index (χ4n) is 5.26. The molecule has 0 unspecified atom stereocenters. The molecule has 0 bridgehead atoms. The second kappa shape index (κ2) is 8.00. The maximum atomic E-state index is 11.3. The number of aromatic amines is 1. The number of ether oxygens (including phenoxy) is 1. The molecule has 162 valence electrons. The number of carbonyl (C=O) groups is 1. The predicted molar refractivity (Wildman–Crippen MR) is 119 cm³/mol. The van der Waals surface area contributed by atoms with Crippen LogP contribution in [0.2, 0.25) is 0 Å². The molecule has 6 heteroatoms. The van der Waals surface area contributed by atoms with Crippen LogP contribution in [0.1, 0.15) is 58.8 Å². The zero-order valence-corrected chi connectivity index (χ0v) is 18.1. The van der Waals surface area contributed by atoms with Crippen molar-refractivity contribution in [3.63, 3.8) is 0 Å². The van der Waals surface area contributed by atoms with E-state index in [2.05, 4.69) is 27.9 Å². The average Bonchev–Trinajstić information content (AvgIpc) is 3.51. The molecule has 1 aliphatic heterocycles. The van der Waals surface area contributed by atoms with Gasteiger partial charge in [0.1, 0.15) is 5.75 Å². The highest BCUT2D eigenvalue weighted by Crippen LogP contribution is 2.47. The van der Waals surface area contributed by atoms with E-state index in [0.29, 0.717) is 5.56 Å². The third-order valence-corrected chi connectivity index (χ3v) is 7.13. The molecule has 1 saturated carbocycles. The standard InChI is InChI=1S/C25H29N3O3/c1-15-11-22(31-2)20(24-23(15)26-14-27-24)13-28-10-9-19(16-3-4-16)12-21(28)17-5-7-18(8-6-17)25(29)30/h5-8,11,14,16,19,21H,3-4,9-10,12-13H2,1-2H3,(H,26,27)(H,29,30)/t19-,21-/m0/s1. The van der Waals surface area contributed by atoms with Gasteiger partial charge >= 0.3 is 5.97 Å². The lowest BCUT2D eigenvalue weighted by Crippen LogP contribution is -2.37. The lowest BCUT2D eigenvalue weighted by Gasteiger charge is -2.40. The normalized spacial score (nSPS) is 22.0. The fraction of sp³-hybridized carbons (Fsp3) is 0.440. The number of imidazole rings is 1. The molecule has 2 heterocycles. The Morgan fingerprint density at radius 3 is 2.68 bits per heavy atom.